The first kappa shape index (κ1) is 55.1. The molecule has 0 aromatic carbocycles. The average molecular weight is 857 g/mol. The van der Waals surface area contributed by atoms with Gasteiger partial charge in [-0.05, 0) is 38.0 Å². The van der Waals surface area contributed by atoms with Crippen LogP contribution in [0, 0.1) is 17.8 Å². The summed E-state index contributed by atoms with van der Waals surface area (Å²) in [4.78, 5) is 55.7. The fraction of sp³-hybridized carbons (Fsp3) is 0.851. The number of unbranched alkanes of at least 4 members (excludes halogenated alkanes) is 20. The van der Waals surface area contributed by atoms with E-state index in [1.54, 1.807) is 12.2 Å². The predicted octanol–water partition coefficient (Wildman–Crippen LogP) is 11.2. The molecule has 12 heteroatoms. The van der Waals surface area contributed by atoms with E-state index in [9.17, 15) is 29.2 Å². The van der Waals surface area contributed by atoms with E-state index in [-0.39, 0.29) is 37.6 Å². The number of ketones is 1. The Kier molecular flexibility index (Phi) is 33.4. The lowest BCUT2D eigenvalue weighted by atomic mass is 9.90. The smallest absolute Gasteiger partial charge is 0.462 e. The molecule has 0 amide bonds. The number of hydrogen-bond acceptors (Lipinski definition) is 9. The summed E-state index contributed by atoms with van der Waals surface area (Å²) in [6.45, 7) is 5.73. The lowest BCUT2D eigenvalue weighted by Gasteiger charge is -2.18. The van der Waals surface area contributed by atoms with E-state index < -0.39 is 50.6 Å². The van der Waals surface area contributed by atoms with Crippen molar-refractivity contribution in [3.63, 3.8) is 0 Å². The molecule has 0 radical (unpaired) electrons. The highest BCUT2D eigenvalue weighted by atomic mass is 31.2. The molecule has 1 rings (SSSR count). The van der Waals surface area contributed by atoms with Crippen molar-refractivity contribution >= 4 is 25.5 Å². The quantitative estimate of drug-likeness (QED) is 0.0200. The number of allylic oxidation sites excluding steroid dienone is 3. The monoisotopic (exact) mass is 857 g/mol. The zero-order valence-electron chi connectivity index (χ0n) is 37.3. The number of esters is 2. The molecule has 0 saturated heterocycles. The number of phosphoric ester groups is 1. The SMILES string of the molecule is CCCCC[C@H](O)/C=C/[C@H]1C(=O)C[C@H](O)[C@@H]1C/C=C\CCCC(=O)O[C@H](COC(=O)CCCCCCCCCCCCCCCCCCCCC(C)C)COP(=O)(O)O. The van der Waals surface area contributed by atoms with Crippen LogP contribution >= 0.6 is 7.82 Å². The van der Waals surface area contributed by atoms with E-state index in [0.29, 0.717) is 32.1 Å². The van der Waals surface area contributed by atoms with Crippen molar-refractivity contribution in [1.29, 1.82) is 0 Å². The molecule has 0 aromatic rings. The zero-order valence-corrected chi connectivity index (χ0v) is 38.2. The van der Waals surface area contributed by atoms with E-state index >= 15 is 0 Å². The molecule has 0 aromatic heterocycles. The first-order valence-electron chi connectivity index (χ1n) is 23.6. The highest BCUT2D eigenvalue weighted by Crippen LogP contribution is 2.36. The Balaban J connectivity index is 2.19. The molecule has 344 valence electrons. The van der Waals surface area contributed by atoms with Gasteiger partial charge < -0.3 is 29.5 Å². The van der Waals surface area contributed by atoms with E-state index in [4.69, 9.17) is 19.3 Å². The molecule has 11 nitrogen and oxygen atoms in total. The topological polar surface area (TPSA) is 177 Å². The Bertz CT molecular complexity index is 1180. The molecule has 0 spiro atoms. The Morgan fingerprint density at radius 1 is 0.729 bits per heavy atom. The third-order valence-electron chi connectivity index (χ3n) is 11.3. The summed E-state index contributed by atoms with van der Waals surface area (Å²) in [7, 11) is -4.83. The number of hydrogen-bond donors (Lipinski definition) is 4. The minimum Gasteiger partial charge on any atom is -0.462 e. The number of Topliss-reactive ketones (excluding diaryl/α,β-unsaturated/α-hetero) is 1. The van der Waals surface area contributed by atoms with Crippen molar-refractivity contribution < 1.29 is 52.9 Å². The molecule has 4 N–H and O–H groups in total. The van der Waals surface area contributed by atoms with Crippen molar-refractivity contribution in [2.45, 2.75) is 225 Å². The Morgan fingerprint density at radius 3 is 1.80 bits per heavy atom. The molecule has 59 heavy (non-hydrogen) atoms. The molecule has 1 aliphatic carbocycles. The lowest BCUT2D eigenvalue weighted by molar-refractivity contribution is -0.161. The first-order valence-corrected chi connectivity index (χ1v) is 25.1. The second kappa shape index (κ2) is 35.7. The van der Waals surface area contributed by atoms with Crippen molar-refractivity contribution in [3.05, 3.63) is 24.3 Å². The van der Waals surface area contributed by atoms with Gasteiger partial charge in [-0.15, -0.1) is 0 Å². The summed E-state index contributed by atoms with van der Waals surface area (Å²) < 4.78 is 26.4. The number of carbonyl (C=O) groups excluding carboxylic acids is 3. The highest BCUT2D eigenvalue weighted by Gasteiger charge is 2.39. The standard InChI is InChI=1S/C47H85O11P/c1-4-5-24-30-40(48)34-35-43-42(44(49)36-45(43)50)31-26-22-23-28-33-47(52)58-41(38-57-59(53,54)55)37-56-46(51)32-27-21-19-17-15-13-11-9-7-6-8-10-12-14-16-18-20-25-29-39(2)3/h22,26,34-35,39-44,48-49H,4-21,23-25,27-33,36-38H2,1-3H3,(H2,53,54,55)/b26-22-,35-34+/t40-,41+,42+,43+,44-/m0/s1. The van der Waals surface area contributed by atoms with Crippen molar-refractivity contribution in [2.24, 2.45) is 17.8 Å². The number of aliphatic hydroxyl groups excluding tert-OH is 2. The van der Waals surface area contributed by atoms with Crippen LogP contribution in [-0.2, 0) is 32.9 Å². The largest absolute Gasteiger partial charge is 0.469 e. The molecule has 1 saturated carbocycles. The highest BCUT2D eigenvalue weighted by molar-refractivity contribution is 7.46. The van der Waals surface area contributed by atoms with E-state index in [0.717, 1.165) is 44.4 Å². The van der Waals surface area contributed by atoms with E-state index in [1.807, 2.05) is 12.2 Å². The lowest BCUT2D eigenvalue weighted by Crippen LogP contribution is -2.29. The van der Waals surface area contributed by atoms with Crippen LogP contribution in [0.25, 0.3) is 0 Å². The second-order valence-electron chi connectivity index (χ2n) is 17.4. The summed E-state index contributed by atoms with van der Waals surface area (Å²) >= 11 is 0. The molecule has 0 unspecified atom stereocenters. The van der Waals surface area contributed by atoms with Crippen LogP contribution in [-0.4, -0.2) is 69.2 Å². The van der Waals surface area contributed by atoms with Crippen LogP contribution in [0.4, 0.5) is 0 Å². The van der Waals surface area contributed by atoms with Crippen LogP contribution in [0.15, 0.2) is 24.3 Å². The van der Waals surface area contributed by atoms with Crippen LogP contribution < -0.4 is 0 Å². The molecule has 1 aliphatic rings. The minimum atomic E-state index is -4.83. The van der Waals surface area contributed by atoms with Gasteiger partial charge in [0.15, 0.2) is 6.10 Å². The van der Waals surface area contributed by atoms with Crippen LogP contribution in [0.2, 0.25) is 0 Å². The van der Waals surface area contributed by atoms with E-state index in [1.165, 1.54) is 96.3 Å². The summed E-state index contributed by atoms with van der Waals surface area (Å²) in [5, 5.41) is 20.7. The molecular formula is C47H85O11P. The zero-order chi connectivity index (χ0) is 43.6. The molecular weight excluding hydrogens is 771 g/mol. The number of ether oxygens (including phenoxy) is 2. The van der Waals surface area contributed by atoms with Gasteiger partial charge in [0.05, 0.1) is 18.8 Å². The molecule has 1 fully saturated rings. The van der Waals surface area contributed by atoms with Crippen molar-refractivity contribution in [1.82, 2.24) is 0 Å². The maximum atomic E-state index is 12.5. The van der Waals surface area contributed by atoms with Crippen molar-refractivity contribution in [2.75, 3.05) is 13.2 Å². The van der Waals surface area contributed by atoms with Crippen LogP contribution in [0.5, 0.6) is 0 Å². The van der Waals surface area contributed by atoms with Gasteiger partial charge in [0.2, 0.25) is 0 Å². The van der Waals surface area contributed by atoms with Gasteiger partial charge in [-0.1, -0.05) is 180 Å². The van der Waals surface area contributed by atoms with Crippen molar-refractivity contribution in [3.8, 4) is 0 Å². The molecule has 0 heterocycles. The summed E-state index contributed by atoms with van der Waals surface area (Å²) in [5.41, 5.74) is 0. The Morgan fingerprint density at radius 2 is 1.25 bits per heavy atom. The summed E-state index contributed by atoms with van der Waals surface area (Å²) in [5.74, 6) is -1.00. The Labute approximate surface area is 358 Å². The average Bonchev–Trinajstić information content (AvgIpc) is 3.45. The van der Waals surface area contributed by atoms with Gasteiger partial charge in [0, 0.05) is 31.1 Å². The molecule has 5 atom stereocenters. The van der Waals surface area contributed by atoms with Gasteiger partial charge in [0.25, 0.3) is 0 Å². The van der Waals surface area contributed by atoms with E-state index in [2.05, 4.69) is 25.3 Å². The van der Waals surface area contributed by atoms with Gasteiger partial charge in [-0.25, -0.2) is 4.57 Å². The predicted molar refractivity (Wildman–Crippen MR) is 236 cm³/mol. The first-order chi connectivity index (χ1) is 28.3. The minimum absolute atomic E-state index is 0.0233. The fourth-order valence-corrected chi connectivity index (χ4v) is 8.02. The van der Waals surface area contributed by atoms with Crippen LogP contribution in [0.1, 0.15) is 207 Å². The van der Waals surface area contributed by atoms with Gasteiger partial charge in [-0.2, -0.15) is 0 Å². The number of carbonyl (C=O) groups is 3. The van der Waals surface area contributed by atoms with Gasteiger partial charge in [0.1, 0.15) is 12.4 Å². The van der Waals surface area contributed by atoms with Gasteiger partial charge in [-0.3, -0.25) is 18.9 Å². The maximum Gasteiger partial charge on any atom is 0.469 e. The maximum absolute atomic E-state index is 12.5. The summed E-state index contributed by atoms with van der Waals surface area (Å²) in [6.07, 6.45) is 34.1. The third-order valence-corrected chi connectivity index (χ3v) is 11.8. The van der Waals surface area contributed by atoms with Crippen LogP contribution in [0.3, 0.4) is 0 Å². The second-order valence-corrected chi connectivity index (χ2v) is 18.6. The number of rotatable bonds is 39. The molecule has 0 bridgehead atoms. The normalized spacial score (nSPS) is 18.4. The fourth-order valence-electron chi connectivity index (χ4n) is 7.66. The Hall–Kier alpha value is -1.88. The number of aliphatic hydroxyl groups is 2. The number of phosphoric acid groups is 1. The molecule has 0 aliphatic heterocycles. The van der Waals surface area contributed by atoms with Gasteiger partial charge >= 0.3 is 19.8 Å². The third kappa shape index (κ3) is 32.5. The summed E-state index contributed by atoms with van der Waals surface area (Å²) in [6, 6.07) is 0.